The number of nitrogens with one attached hydrogen (secondary N) is 1. The van der Waals surface area contributed by atoms with E-state index < -0.39 is 0 Å². The van der Waals surface area contributed by atoms with Crippen LogP contribution in [0.5, 0.6) is 0 Å². The van der Waals surface area contributed by atoms with Gasteiger partial charge >= 0.3 is 0 Å². The summed E-state index contributed by atoms with van der Waals surface area (Å²) in [4.78, 5) is 38.8. The molecule has 0 saturated carbocycles. The number of carbonyl (C=O) groups is 2. The summed E-state index contributed by atoms with van der Waals surface area (Å²) in [6, 6.07) is 5.96. The van der Waals surface area contributed by atoms with E-state index in [1.54, 1.807) is 11.6 Å². The molecule has 1 saturated heterocycles. The first kappa shape index (κ1) is 17.5. The van der Waals surface area contributed by atoms with Crippen molar-refractivity contribution < 1.29 is 9.59 Å². The van der Waals surface area contributed by atoms with Crippen molar-refractivity contribution in [3.8, 4) is 0 Å². The molecular weight excluding hydrogens is 362 g/mol. The van der Waals surface area contributed by atoms with Crippen molar-refractivity contribution >= 4 is 39.2 Å². The zero-order chi connectivity index (χ0) is 18.8. The highest BCUT2D eigenvalue weighted by molar-refractivity contribution is 7.14. The van der Waals surface area contributed by atoms with Gasteiger partial charge in [-0.3, -0.25) is 19.6 Å². The normalized spacial score (nSPS) is 15.1. The maximum Gasteiger partial charge on any atom is 0.273 e. The van der Waals surface area contributed by atoms with E-state index in [-0.39, 0.29) is 11.8 Å². The third-order valence-electron chi connectivity index (χ3n) is 4.72. The maximum atomic E-state index is 12.6. The monoisotopic (exact) mass is 381 g/mol. The number of hydrogen-bond acceptors (Lipinski definition) is 6. The van der Waals surface area contributed by atoms with E-state index in [4.69, 9.17) is 0 Å². The summed E-state index contributed by atoms with van der Waals surface area (Å²) in [5.74, 6) is 0.0433. The van der Waals surface area contributed by atoms with E-state index >= 15 is 0 Å². The van der Waals surface area contributed by atoms with Crippen molar-refractivity contribution in [1.29, 1.82) is 0 Å². The minimum atomic E-state index is -0.193. The smallest absolute Gasteiger partial charge is 0.273 e. The summed E-state index contributed by atoms with van der Waals surface area (Å²) in [6.07, 6.45) is 5.38. The summed E-state index contributed by atoms with van der Waals surface area (Å²) in [6.45, 7) is 2.75. The van der Waals surface area contributed by atoms with Crippen LogP contribution in [-0.2, 0) is 4.79 Å². The van der Waals surface area contributed by atoms with Gasteiger partial charge in [-0.15, -0.1) is 11.3 Å². The first-order chi connectivity index (χ1) is 13.1. The third-order valence-corrected chi connectivity index (χ3v) is 5.47. The molecule has 1 fully saturated rings. The molecule has 0 aromatic carbocycles. The molecule has 0 atom stereocenters. The van der Waals surface area contributed by atoms with Crippen molar-refractivity contribution in [2.45, 2.75) is 25.7 Å². The van der Waals surface area contributed by atoms with Gasteiger partial charge < -0.3 is 10.2 Å². The number of anilines is 1. The molecule has 0 bridgehead atoms. The number of aromatic nitrogens is 3. The highest BCUT2D eigenvalue weighted by atomic mass is 32.1. The summed E-state index contributed by atoms with van der Waals surface area (Å²) >= 11 is 1.26. The molecule has 4 heterocycles. The minimum absolute atomic E-state index is 0.0885. The molecule has 4 rings (SSSR count). The number of hydrogen-bond donors (Lipinski definition) is 1. The van der Waals surface area contributed by atoms with E-state index in [1.807, 2.05) is 23.2 Å². The van der Waals surface area contributed by atoms with Gasteiger partial charge in [-0.05, 0) is 31.0 Å². The Morgan fingerprint density at radius 2 is 2.07 bits per heavy atom. The minimum Gasteiger partial charge on any atom is -0.337 e. The molecule has 0 aliphatic carbocycles. The van der Waals surface area contributed by atoms with Crippen LogP contribution in [0.4, 0.5) is 5.13 Å². The van der Waals surface area contributed by atoms with Crippen LogP contribution in [-0.4, -0.2) is 44.8 Å². The highest BCUT2D eigenvalue weighted by Crippen LogP contribution is 2.29. The van der Waals surface area contributed by atoms with Crippen LogP contribution in [0.3, 0.4) is 0 Å². The molecule has 1 aliphatic rings. The lowest BCUT2D eigenvalue weighted by atomic mass is 9.92. The van der Waals surface area contributed by atoms with Crippen LogP contribution in [0.15, 0.2) is 36.0 Å². The average Bonchev–Trinajstić information content (AvgIpc) is 3.15. The summed E-state index contributed by atoms with van der Waals surface area (Å²) in [5.41, 5.74) is 2.37. The van der Waals surface area contributed by atoms with Gasteiger partial charge in [0.1, 0.15) is 5.69 Å². The van der Waals surface area contributed by atoms with Gasteiger partial charge in [-0.25, -0.2) is 4.98 Å². The molecule has 0 unspecified atom stereocenters. The van der Waals surface area contributed by atoms with E-state index in [1.165, 1.54) is 18.3 Å². The molecule has 3 aromatic heterocycles. The SMILES string of the molecule is CC(=O)Nc1nc(C(=O)N2CCC(c3cc4ncccc4cn3)CC2)cs1. The Morgan fingerprint density at radius 3 is 2.85 bits per heavy atom. The Kier molecular flexibility index (Phi) is 4.81. The quantitative estimate of drug-likeness (QED) is 0.753. The van der Waals surface area contributed by atoms with E-state index in [0.717, 1.165) is 29.4 Å². The Balaban J connectivity index is 1.41. The van der Waals surface area contributed by atoms with Crippen molar-refractivity contribution in [1.82, 2.24) is 19.9 Å². The van der Waals surface area contributed by atoms with E-state index in [9.17, 15) is 9.59 Å². The predicted octanol–water partition coefficient (Wildman–Crippen LogP) is 3.06. The third kappa shape index (κ3) is 3.80. The Hall–Kier alpha value is -2.87. The summed E-state index contributed by atoms with van der Waals surface area (Å²) in [5, 5.41) is 5.79. The van der Waals surface area contributed by atoms with Gasteiger partial charge in [0.05, 0.1) is 5.52 Å². The Labute approximate surface area is 160 Å². The van der Waals surface area contributed by atoms with Gasteiger partial charge in [-0.1, -0.05) is 0 Å². The second-order valence-electron chi connectivity index (χ2n) is 6.59. The summed E-state index contributed by atoms with van der Waals surface area (Å²) in [7, 11) is 0. The second kappa shape index (κ2) is 7.40. The van der Waals surface area contributed by atoms with Gasteiger partial charge in [0, 0.05) is 54.8 Å². The van der Waals surface area contributed by atoms with Gasteiger partial charge in [0.25, 0.3) is 5.91 Å². The van der Waals surface area contributed by atoms with Gasteiger partial charge in [0.2, 0.25) is 5.91 Å². The lowest BCUT2D eigenvalue weighted by Crippen LogP contribution is -2.38. The topological polar surface area (TPSA) is 88.1 Å². The van der Waals surface area contributed by atoms with Crippen LogP contribution in [0.1, 0.15) is 41.9 Å². The van der Waals surface area contributed by atoms with Crippen LogP contribution in [0, 0.1) is 0 Å². The number of pyridine rings is 2. The van der Waals surface area contributed by atoms with Crippen LogP contribution >= 0.6 is 11.3 Å². The van der Waals surface area contributed by atoms with Gasteiger partial charge in [0.15, 0.2) is 5.13 Å². The molecule has 0 spiro atoms. The van der Waals surface area contributed by atoms with Gasteiger partial charge in [-0.2, -0.15) is 0 Å². The predicted molar refractivity (Wildman–Crippen MR) is 104 cm³/mol. The Bertz CT molecular complexity index is 994. The maximum absolute atomic E-state index is 12.6. The van der Waals surface area contributed by atoms with Crippen molar-refractivity contribution in [3.63, 3.8) is 0 Å². The number of rotatable bonds is 3. The fourth-order valence-corrected chi connectivity index (χ4v) is 4.06. The number of thiazole rings is 1. The number of amides is 2. The zero-order valence-corrected chi connectivity index (χ0v) is 15.7. The molecule has 7 nitrogen and oxygen atoms in total. The zero-order valence-electron chi connectivity index (χ0n) is 14.9. The van der Waals surface area contributed by atoms with Crippen molar-refractivity contribution in [3.05, 3.63) is 47.4 Å². The van der Waals surface area contributed by atoms with E-state index in [0.29, 0.717) is 29.8 Å². The number of likely N-dealkylation sites (tertiary alicyclic amines) is 1. The number of carbonyl (C=O) groups excluding carboxylic acids is 2. The average molecular weight is 381 g/mol. The van der Waals surface area contributed by atoms with E-state index in [2.05, 4.69) is 26.3 Å². The standard InChI is InChI=1S/C19H19N5O2S/c1-12(25)22-19-23-17(11-27-19)18(26)24-7-4-13(5-8-24)15-9-16-14(10-21-15)3-2-6-20-16/h2-3,6,9-11,13H,4-5,7-8H2,1H3,(H,22,23,25). The van der Waals surface area contributed by atoms with Crippen molar-refractivity contribution in [2.24, 2.45) is 0 Å². The van der Waals surface area contributed by atoms with Crippen molar-refractivity contribution in [2.75, 3.05) is 18.4 Å². The molecule has 8 heteroatoms. The molecule has 3 aromatic rings. The number of fused-ring (bicyclic) bond motifs is 1. The summed E-state index contributed by atoms with van der Waals surface area (Å²) < 4.78 is 0. The Morgan fingerprint density at radius 1 is 1.26 bits per heavy atom. The molecular formula is C19H19N5O2S. The first-order valence-corrected chi connectivity index (χ1v) is 9.71. The highest BCUT2D eigenvalue weighted by Gasteiger charge is 2.26. The first-order valence-electron chi connectivity index (χ1n) is 8.83. The molecule has 1 aliphatic heterocycles. The molecule has 27 heavy (non-hydrogen) atoms. The molecule has 2 amide bonds. The molecule has 0 radical (unpaired) electrons. The van der Waals surface area contributed by atoms with Crippen LogP contribution in [0.2, 0.25) is 0 Å². The lowest BCUT2D eigenvalue weighted by molar-refractivity contribution is -0.114. The fraction of sp³-hybridized carbons (Fsp3) is 0.316. The fourth-order valence-electron chi connectivity index (χ4n) is 3.32. The molecule has 138 valence electrons. The lowest BCUT2D eigenvalue weighted by Gasteiger charge is -2.31. The number of piperidine rings is 1. The largest absolute Gasteiger partial charge is 0.337 e. The van der Waals surface area contributed by atoms with Crippen LogP contribution in [0.25, 0.3) is 10.9 Å². The van der Waals surface area contributed by atoms with Crippen LogP contribution < -0.4 is 5.32 Å². The second-order valence-corrected chi connectivity index (χ2v) is 7.45. The number of nitrogens with zero attached hydrogens (tertiary/aromatic N) is 4. The molecule has 1 N–H and O–H groups in total.